The second kappa shape index (κ2) is 6.13. The van der Waals surface area contributed by atoms with Crippen molar-refractivity contribution in [2.45, 2.75) is 12.8 Å². The zero-order valence-electron chi connectivity index (χ0n) is 11.4. The molecule has 1 heterocycles. The normalized spacial score (nSPS) is 16.4. The minimum atomic E-state index is -3.53. The lowest BCUT2D eigenvalue weighted by molar-refractivity contribution is 0.0443. The number of esters is 2. The van der Waals surface area contributed by atoms with Gasteiger partial charge in [0.2, 0.25) is 10.0 Å². The summed E-state index contributed by atoms with van der Waals surface area (Å²) in [5, 5.41) is 0. The highest BCUT2D eigenvalue weighted by molar-refractivity contribution is 7.92. The molecule has 1 aromatic rings. The van der Waals surface area contributed by atoms with E-state index in [1.165, 1.54) is 18.2 Å². The van der Waals surface area contributed by atoms with Crippen LogP contribution >= 0.6 is 0 Å². The Labute approximate surface area is 122 Å². The van der Waals surface area contributed by atoms with E-state index in [0.717, 1.165) is 6.26 Å². The number of nitrogens with one attached hydrogen (secondary N) is 1. The molecule has 1 N–H and O–H groups in total. The van der Waals surface area contributed by atoms with Crippen LogP contribution in [0.1, 0.15) is 33.6 Å². The van der Waals surface area contributed by atoms with Gasteiger partial charge in [0.25, 0.3) is 0 Å². The molecule has 1 aromatic carbocycles. The molecule has 2 bridgehead atoms. The average molecular weight is 313 g/mol. The van der Waals surface area contributed by atoms with Crippen molar-refractivity contribution in [2.24, 2.45) is 0 Å². The predicted molar refractivity (Wildman–Crippen MR) is 74.7 cm³/mol. The summed E-state index contributed by atoms with van der Waals surface area (Å²) in [6.07, 6.45) is 2.15. The Morgan fingerprint density at radius 1 is 0.952 bits per heavy atom. The van der Waals surface area contributed by atoms with Crippen LogP contribution in [0.4, 0.5) is 5.69 Å². The summed E-state index contributed by atoms with van der Waals surface area (Å²) in [5.41, 5.74) is 0.299. The molecular formula is C13H15NO6S. The Hall–Kier alpha value is -2.09. The number of benzene rings is 1. The second-order valence-electron chi connectivity index (χ2n) is 4.65. The highest BCUT2D eigenvalue weighted by atomic mass is 32.2. The Kier molecular flexibility index (Phi) is 4.46. The third kappa shape index (κ3) is 4.45. The van der Waals surface area contributed by atoms with Gasteiger partial charge in [-0.3, -0.25) is 4.72 Å². The third-order valence-electron chi connectivity index (χ3n) is 2.71. The molecule has 0 fully saturated rings. The molecule has 0 saturated heterocycles. The average Bonchev–Trinajstić information content (AvgIpc) is 2.40. The van der Waals surface area contributed by atoms with Crippen molar-refractivity contribution in [3.8, 4) is 0 Å². The van der Waals surface area contributed by atoms with Crippen LogP contribution in [0, 0.1) is 0 Å². The van der Waals surface area contributed by atoms with E-state index in [1.54, 1.807) is 0 Å². The SMILES string of the molecule is CS(=O)(=O)Nc1cc2cc(c1)C(=O)OCCCCOC2=O. The molecule has 0 saturated carbocycles. The lowest BCUT2D eigenvalue weighted by Crippen LogP contribution is -2.13. The number of fused-ring (bicyclic) bond motifs is 2. The molecule has 2 rings (SSSR count). The first-order chi connectivity index (χ1) is 9.85. The molecule has 21 heavy (non-hydrogen) atoms. The molecule has 0 spiro atoms. The second-order valence-corrected chi connectivity index (χ2v) is 6.40. The maximum Gasteiger partial charge on any atom is 0.338 e. The third-order valence-corrected chi connectivity index (χ3v) is 3.32. The van der Waals surface area contributed by atoms with E-state index < -0.39 is 22.0 Å². The standard InChI is InChI=1S/C13H15NO6S/c1-21(17,18)14-11-7-9-6-10(8-11)13(16)20-5-3-2-4-19-12(9)15/h6-8,14H,2-5H2,1H3. The van der Waals surface area contributed by atoms with Crippen molar-refractivity contribution in [2.75, 3.05) is 24.2 Å². The fourth-order valence-electron chi connectivity index (χ4n) is 1.84. The first-order valence-electron chi connectivity index (χ1n) is 6.32. The molecular weight excluding hydrogens is 298 g/mol. The molecule has 1 aliphatic heterocycles. The van der Waals surface area contributed by atoms with Crippen LogP contribution < -0.4 is 4.72 Å². The van der Waals surface area contributed by atoms with E-state index in [4.69, 9.17) is 9.47 Å². The van der Waals surface area contributed by atoms with Crippen molar-refractivity contribution in [1.82, 2.24) is 0 Å². The molecule has 0 aromatic heterocycles. The number of hydrogen-bond donors (Lipinski definition) is 1. The quantitative estimate of drug-likeness (QED) is 0.823. The molecule has 0 unspecified atom stereocenters. The van der Waals surface area contributed by atoms with E-state index in [1.807, 2.05) is 0 Å². The van der Waals surface area contributed by atoms with Crippen LogP contribution in [0.15, 0.2) is 18.2 Å². The van der Waals surface area contributed by atoms with Gasteiger partial charge >= 0.3 is 11.9 Å². The first-order valence-corrected chi connectivity index (χ1v) is 8.21. The Bertz CT molecular complexity index is 629. The maximum atomic E-state index is 11.9. The Morgan fingerprint density at radius 3 is 1.86 bits per heavy atom. The molecule has 0 radical (unpaired) electrons. The summed E-state index contributed by atoms with van der Waals surface area (Å²) in [6.45, 7) is 0.435. The highest BCUT2D eigenvalue weighted by Gasteiger charge is 2.17. The lowest BCUT2D eigenvalue weighted by Gasteiger charge is -2.09. The lowest BCUT2D eigenvalue weighted by atomic mass is 10.1. The first kappa shape index (κ1) is 15.3. The van der Waals surface area contributed by atoms with Crippen molar-refractivity contribution in [3.05, 3.63) is 29.3 Å². The fourth-order valence-corrected chi connectivity index (χ4v) is 2.38. The van der Waals surface area contributed by atoms with Gasteiger partial charge in [-0.25, -0.2) is 18.0 Å². The van der Waals surface area contributed by atoms with Gasteiger partial charge in [-0.2, -0.15) is 0 Å². The zero-order valence-corrected chi connectivity index (χ0v) is 12.2. The van der Waals surface area contributed by atoms with Gasteiger partial charge in [0.15, 0.2) is 0 Å². The number of ether oxygens (including phenoxy) is 2. The van der Waals surface area contributed by atoms with Crippen LogP contribution in [-0.4, -0.2) is 39.8 Å². The van der Waals surface area contributed by atoms with Crippen molar-refractivity contribution < 1.29 is 27.5 Å². The molecule has 0 aliphatic carbocycles. The molecule has 7 nitrogen and oxygen atoms in total. The minimum absolute atomic E-state index is 0.0949. The molecule has 1 aliphatic rings. The smallest absolute Gasteiger partial charge is 0.338 e. The number of cyclic esters (lactones) is 2. The predicted octanol–water partition coefficient (Wildman–Crippen LogP) is 1.17. The van der Waals surface area contributed by atoms with E-state index >= 15 is 0 Å². The van der Waals surface area contributed by atoms with Crippen LogP contribution in [0.5, 0.6) is 0 Å². The van der Waals surface area contributed by atoms with E-state index in [9.17, 15) is 18.0 Å². The zero-order chi connectivity index (χ0) is 15.5. The van der Waals surface area contributed by atoms with Gasteiger partial charge in [0, 0.05) is 0 Å². The van der Waals surface area contributed by atoms with Crippen molar-refractivity contribution >= 4 is 27.6 Å². The topological polar surface area (TPSA) is 98.8 Å². The van der Waals surface area contributed by atoms with E-state index in [-0.39, 0.29) is 30.0 Å². The summed E-state index contributed by atoms with van der Waals surface area (Å²) in [6, 6.07) is 3.96. The summed E-state index contributed by atoms with van der Waals surface area (Å²) in [5.74, 6) is -1.22. The van der Waals surface area contributed by atoms with Crippen LogP contribution in [0.3, 0.4) is 0 Å². The fraction of sp³-hybridized carbons (Fsp3) is 0.385. The van der Waals surface area contributed by atoms with Crippen molar-refractivity contribution in [1.29, 1.82) is 0 Å². The minimum Gasteiger partial charge on any atom is -0.462 e. The Morgan fingerprint density at radius 2 is 1.43 bits per heavy atom. The summed E-state index contributed by atoms with van der Waals surface area (Å²) in [4.78, 5) is 23.8. The summed E-state index contributed by atoms with van der Waals surface area (Å²) < 4.78 is 34.9. The summed E-state index contributed by atoms with van der Waals surface area (Å²) in [7, 11) is -3.53. The van der Waals surface area contributed by atoms with Gasteiger partial charge in [0.1, 0.15) is 0 Å². The number of carbonyl (C=O) groups is 2. The van der Waals surface area contributed by atoms with Gasteiger partial charge < -0.3 is 9.47 Å². The highest BCUT2D eigenvalue weighted by Crippen LogP contribution is 2.19. The largest absolute Gasteiger partial charge is 0.462 e. The number of anilines is 1. The molecule has 0 atom stereocenters. The van der Waals surface area contributed by atoms with Crippen molar-refractivity contribution in [3.63, 3.8) is 0 Å². The van der Waals surface area contributed by atoms with Crippen LogP contribution in [0.25, 0.3) is 0 Å². The molecule has 114 valence electrons. The Balaban J connectivity index is 2.43. The number of carbonyl (C=O) groups excluding carboxylic acids is 2. The van der Waals surface area contributed by atoms with E-state index in [0.29, 0.717) is 12.8 Å². The van der Waals surface area contributed by atoms with E-state index in [2.05, 4.69) is 4.72 Å². The monoisotopic (exact) mass is 313 g/mol. The number of rotatable bonds is 2. The summed E-state index contributed by atoms with van der Waals surface area (Å²) >= 11 is 0. The van der Waals surface area contributed by atoms with Gasteiger partial charge in [-0.1, -0.05) is 0 Å². The maximum absolute atomic E-state index is 11.9. The van der Waals surface area contributed by atoms with Gasteiger partial charge in [-0.15, -0.1) is 0 Å². The number of sulfonamides is 1. The molecule has 8 heteroatoms. The van der Waals surface area contributed by atoms with Crippen LogP contribution in [-0.2, 0) is 19.5 Å². The number of hydrogen-bond acceptors (Lipinski definition) is 6. The molecule has 0 amide bonds. The van der Waals surface area contributed by atoms with Crippen LogP contribution in [0.2, 0.25) is 0 Å². The van der Waals surface area contributed by atoms with Gasteiger partial charge in [0.05, 0.1) is 36.3 Å². The van der Waals surface area contributed by atoms with Gasteiger partial charge in [-0.05, 0) is 31.0 Å².